The summed E-state index contributed by atoms with van der Waals surface area (Å²) < 4.78 is 5.20. The first kappa shape index (κ1) is 22.8. The Morgan fingerprint density at radius 2 is 1.64 bits per heavy atom. The van der Waals surface area contributed by atoms with Crippen LogP contribution in [0, 0.1) is 0 Å². The molecule has 0 bridgehead atoms. The number of hydrogen-bond acceptors (Lipinski definition) is 5. The van der Waals surface area contributed by atoms with Crippen LogP contribution in [0.15, 0.2) is 89.6 Å². The van der Waals surface area contributed by atoms with Gasteiger partial charge in [0, 0.05) is 22.0 Å². The molecule has 1 N–H and O–H groups in total. The number of hydrogen-bond donors (Lipinski definition) is 1. The summed E-state index contributed by atoms with van der Waals surface area (Å²) in [5, 5.41) is 6.90. The number of amides is 2. The van der Waals surface area contributed by atoms with E-state index >= 15 is 0 Å². The number of rotatable bonds is 9. The number of nitrogens with zero attached hydrogens (tertiary/aromatic N) is 1. The Kier molecular flexibility index (Phi) is 7.55. The smallest absolute Gasteiger partial charge is 0.248 e. The van der Waals surface area contributed by atoms with Gasteiger partial charge < -0.3 is 10.1 Å². The van der Waals surface area contributed by atoms with Crippen LogP contribution in [0.4, 0.5) is 5.69 Å². The number of nitrogens with one attached hydrogen (secondary N) is 1. The molecule has 2 heterocycles. The van der Waals surface area contributed by atoms with Crippen molar-refractivity contribution in [2.75, 3.05) is 12.0 Å². The van der Waals surface area contributed by atoms with Gasteiger partial charge in [0.15, 0.2) is 0 Å². The van der Waals surface area contributed by atoms with Crippen LogP contribution in [0.25, 0.3) is 0 Å². The Morgan fingerprint density at radius 1 is 0.909 bits per heavy atom. The molecule has 0 saturated carbocycles. The second-order valence-corrected chi connectivity index (χ2v) is 9.35. The minimum atomic E-state index is -0.766. The minimum Gasteiger partial charge on any atom is -0.497 e. The zero-order valence-electron chi connectivity index (χ0n) is 18.1. The van der Waals surface area contributed by atoms with Crippen molar-refractivity contribution in [2.24, 2.45) is 0 Å². The van der Waals surface area contributed by atoms with E-state index in [-0.39, 0.29) is 18.2 Å². The number of methoxy groups -OCH3 is 1. The monoisotopic (exact) mass is 476 g/mol. The highest BCUT2D eigenvalue weighted by Gasteiger charge is 2.33. The lowest BCUT2D eigenvalue weighted by Gasteiger charge is -2.30. The Bertz CT molecular complexity index is 1160. The molecule has 0 aliphatic carbocycles. The number of thiophene rings is 2. The minimum absolute atomic E-state index is 0.123. The normalized spacial score (nSPS) is 11.5. The van der Waals surface area contributed by atoms with Crippen LogP contribution in [-0.4, -0.2) is 18.9 Å². The number of carbonyl (C=O) groups is 2. The van der Waals surface area contributed by atoms with Gasteiger partial charge in [-0.3, -0.25) is 14.5 Å². The van der Waals surface area contributed by atoms with E-state index in [0.29, 0.717) is 12.2 Å². The molecule has 0 radical (unpaired) electrons. The van der Waals surface area contributed by atoms with Crippen LogP contribution in [0.2, 0.25) is 0 Å². The number of anilines is 1. The first-order chi connectivity index (χ1) is 16.2. The molecule has 2 aromatic carbocycles. The third kappa shape index (κ3) is 5.69. The molecule has 7 heteroatoms. The highest BCUT2D eigenvalue weighted by molar-refractivity contribution is 7.10. The van der Waals surface area contributed by atoms with Gasteiger partial charge >= 0.3 is 0 Å². The van der Waals surface area contributed by atoms with Gasteiger partial charge in [-0.15, -0.1) is 22.7 Å². The van der Waals surface area contributed by atoms with Crippen molar-refractivity contribution in [1.29, 1.82) is 0 Å². The van der Waals surface area contributed by atoms with Crippen LogP contribution < -0.4 is 15.0 Å². The highest BCUT2D eigenvalue weighted by Crippen LogP contribution is 2.31. The maximum Gasteiger partial charge on any atom is 0.248 e. The average molecular weight is 477 g/mol. The third-order valence-electron chi connectivity index (χ3n) is 5.15. The van der Waals surface area contributed by atoms with Gasteiger partial charge in [0.05, 0.1) is 13.5 Å². The van der Waals surface area contributed by atoms with Crippen molar-refractivity contribution in [2.45, 2.75) is 19.0 Å². The first-order valence-corrected chi connectivity index (χ1v) is 12.2. The summed E-state index contributed by atoms with van der Waals surface area (Å²) in [7, 11) is 1.62. The summed E-state index contributed by atoms with van der Waals surface area (Å²) >= 11 is 3.00. The van der Waals surface area contributed by atoms with Crippen molar-refractivity contribution in [3.63, 3.8) is 0 Å². The lowest BCUT2D eigenvalue weighted by molar-refractivity contribution is -0.126. The Morgan fingerprint density at radius 3 is 2.27 bits per heavy atom. The molecule has 0 fully saturated rings. The van der Waals surface area contributed by atoms with E-state index in [0.717, 1.165) is 21.1 Å². The molecule has 0 aliphatic heterocycles. The van der Waals surface area contributed by atoms with Crippen molar-refractivity contribution in [3.8, 4) is 5.75 Å². The van der Waals surface area contributed by atoms with E-state index in [1.165, 1.54) is 22.7 Å². The maximum absolute atomic E-state index is 13.5. The van der Waals surface area contributed by atoms with Gasteiger partial charge in [-0.2, -0.15) is 0 Å². The second kappa shape index (κ2) is 10.9. The Labute approximate surface area is 201 Å². The summed E-state index contributed by atoms with van der Waals surface area (Å²) in [5.41, 5.74) is 1.64. The van der Waals surface area contributed by atoms with Gasteiger partial charge in [0.1, 0.15) is 11.8 Å². The zero-order valence-corrected chi connectivity index (χ0v) is 19.8. The molecule has 0 aliphatic rings. The quantitative estimate of drug-likeness (QED) is 0.349. The van der Waals surface area contributed by atoms with E-state index < -0.39 is 6.04 Å². The van der Waals surface area contributed by atoms with Gasteiger partial charge in [0.25, 0.3) is 0 Å². The molecular formula is C26H24N2O3S2. The first-order valence-electron chi connectivity index (χ1n) is 10.5. The fraction of sp³-hybridized carbons (Fsp3) is 0.154. The predicted octanol–water partition coefficient (Wildman–Crippen LogP) is 5.45. The zero-order chi connectivity index (χ0) is 23.0. The SMILES string of the molecule is COc1ccc(CNC(=O)[C@H](c2cccs2)N(C(=O)Cc2cccs2)c2ccccc2)cc1. The van der Waals surface area contributed by atoms with Crippen LogP contribution in [0.5, 0.6) is 5.75 Å². The van der Waals surface area contributed by atoms with Crippen LogP contribution in [0.1, 0.15) is 21.4 Å². The van der Waals surface area contributed by atoms with Crippen LogP contribution in [-0.2, 0) is 22.6 Å². The molecule has 2 aromatic heterocycles. The fourth-order valence-electron chi connectivity index (χ4n) is 3.52. The molecule has 1 atom stereocenters. The summed E-state index contributed by atoms with van der Waals surface area (Å²) in [6.45, 7) is 0.354. The average Bonchev–Trinajstić information content (AvgIpc) is 3.56. The van der Waals surface area contributed by atoms with Crippen molar-refractivity contribution >= 4 is 40.2 Å². The van der Waals surface area contributed by atoms with Crippen molar-refractivity contribution < 1.29 is 14.3 Å². The molecule has 0 spiro atoms. The lowest BCUT2D eigenvalue weighted by atomic mass is 10.1. The predicted molar refractivity (Wildman–Crippen MR) is 134 cm³/mol. The van der Waals surface area contributed by atoms with Gasteiger partial charge in [-0.1, -0.05) is 42.5 Å². The summed E-state index contributed by atoms with van der Waals surface area (Å²) in [4.78, 5) is 30.5. The van der Waals surface area contributed by atoms with Crippen molar-refractivity contribution in [1.82, 2.24) is 5.32 Å². The number of benzene rings is 2. The third-order valence-corrected chi connectivity index (χ3v) is 6.95. The molecule has 0 saturated heterocycles. The lowest BCUT2D eigenvalue weighted by Crippen LogP contribution is -2.44. The highest BCUT2D eigenvalue weighted by atomic mass is 32.1. The van der Waals surface area contributed by atoms with E-state index in [2.05, 4.69) is 5.32 Å². The van der Waals surface area contributed by atoms with Crippen LogP contribution in [0.3, 0.4) is 0 Å². The topological polar surface area (TPSA) is 58.6 Å². The molecule has 4 aromatic rings. The van der Waals surface area contributed by atoms with E-state index in [9.17, 15) is 9.59 Å². The van der Waals surface area contributed by atoms with Crippen LogP contribution >= 0.6 is 22.7 Å². The Hall–Kier alpha value is -3.42. The van der Waals surface area contributed by atoms with E-state index in [1.54, 1.807) is 12.0 Å². The molecule has 168 valence electrons. The Balaban J connectivity index is 1.63. The summed E-state index contributed by atoms with van der Waals surface area (Å²) in [5.74, 6) is 0.411. The summed E-state index contributed by atoms with van der Waals surface area (Å²) in [6, 6.07) is 23.8. The number of carbonyl (C=O) groups excluding carboxylic acids is 2. The van der Waals surface area contributed by atoms with E-state index in [1.807, 2.05) is 89.6 Å². The number of para-hydroxylation sites is 1. The maximum atomic E-state index is 13.5. The van der Waals surface area contributed by atoms with Gasteiger partial charge in [0.2, 0.25) is 11.8 Å². The molecule has 2 amide bonds. The molecular weight excluding hydrogens is 452 g/mol. The largest absolute Gasteiger partial charge is 0.497 e. The fourth-order valence-corrected chi connectivity index (χ4v) is 5.03. The van der Waals surface area contributed by atoms with Gasteiger partial charge in [-0.25, -0.2) is 0 Å². The molecule has 4 rings (SSSR count). The summed E-state index contributed by atoms with van der Waals surface area (Å²) in [6.07, 6.45) is 0.236. The second-order valence-electron chi connectivity index (χ2n) is 7.34. The standard InChI is InChI=1S/C26H24N2O3S2/c1-31-21-13-11-19(12-14-21)18-27-26(30)25(23-10-6-16-33-23)28(20-7-3-2-4-8-20)24(29)17-22-9-5-15-32-22/h2-16,25H,17-18H2,1H3,(H,27,30)/t25-/m0/s1. The molecule has 5 nitrogen and oxygen atoms in total. The van der Waals surface area contributed by atoms with Gasteiger partial charge in [-0.05, 0) is 52.7 Å². The van der Waals surface area contributed by atoms with Crippen molar-refractivity contribution in [3.05, 3.63) is 105 Å². The number of ether oxygens (including phenoxy) is 1. The molecule has 33 heavy (non-hydrogen) atoms. The van der Waals surface area contributed by atoms with E-state index in [4.69, 9.17) is 4.74 Å². The molecule has 0 unspecified atom stereocenters.